The Balaban J connectivity index is 3.02. The maximum Gasteiger partial charge on any atom is 0.0425 e. The Bertz CT molecular complexity index is 379. The van der Waals surface area contributed by atoms with Crippen LogP contribution in [0.3, 0.4) is 0 Å². The molecule has 0 aliphatic heterocycles. The largest absolute Gasteiger partial charge is 0.372 e. The Morgan fingerprint density at radius 2 is 1.95 bits per heavy atom. The van der Waals surface area contributed by atoms with Crippen molar-refractivity contribution in [2.24, 2.45) is 0 Å². The summed E-state index contributed by atoms with van der Waals surface area (Å²) in [5.41, 5.74) is 2.75. The molecule has 19 heavy (non-hydrogen) atoms. The van der Waals surface area contributed by atoms with Crippen molar-refractivity contribution in [3.05, 3.63) is 28.2 Å². The summed E-state index contributed by atoms with van der Waals surface area (Å²) in [5.74, 6) is 0. The zero-order valence-electron chi connectivity index (χ0n) is 12.7. The fourth-order valence-electron chi connectivity index (χ4n) is 2.35. The molecule has 1 aromatic carbocycles. The molecule has 0 saturated carbocycles. The molecule has 0 radical (unpaired) electrons. The van der Waals surface area contributed by atoms with Crippen molar-refractivity contribution >= 4 is 21.6 Å². The fraction of sp³-hybridized carbons (Fsp3) is 0.625. The molecule has 0 saturated heterocycles. The molecule has 108 valence electrons. The second-order valence-corrected chi connectivity index (χ2v) is 5.87. The van der Waals surface area contributed by atoms with E-state index in [9.17, 15) is 0 Å². The van der Waals surface area contributed by atoms with Crippen molar-refractivity contribution in [2.45, 2.75) is 46.6 Å². The lowest BCUT2D eigenvalue weighted by Crippen LogP contribution is -2.27. The molecule has 0 bridgehead atoms. The summed E-state index contributed by atoms with van der Waals surface area (Å²) < 4.78 is 1.16. The summed E-state index contributed by atoms with van der Waals surface area (Å²) in [5, 5.41) is 3.59. The van der Waals surface area contributed by atoms with Crippen molar-refractivity contribution in [3.63, 3.8) is 0 Å². The van der Waals surface area contributed by atoms with E-state index in [2.05, 4.69) is 72.0 Å². The van der Waals surface area contributed by atoms with Gasteiger partial charge in [-0.15, -0.1) is 0 Å². The van der Waals surface area contributed by atoms with Gasteiger partial charge in [0.15, 0.2) is 0 Å². The molecule has 1 rings (SSSR count). The highest BCUT2D eigenvalue weighted by Gasteiger charge is 2.14. The van der Waals surface area contributed by atoms with E-state index in [1.54, 1.807) is 0 Å². The highest BCUT2D eigenvalue weighted by molar-refractivity contribution is 9.10. The third-order valence-corrected chi connectivity index (χ3v) is 3.87. The van der Waals surface area contributed by atoms with Crippen LogP contribution in [0.2, 0.25) is 0 Å². The minimum atomic E-state index is 0.397. The predicted molar refractivity (Wildman–Crippen MR) is 89.0 cm³/mol. The van der Waals surface area contributed by atoms with E-state index in [4.69, 9.17) is 0 Å². The molecule has 1 N–H and O–H groups in total. The summed E-state index contributed by atoms with van der Waals surface area (Å²) in [4.78, 5) is 2.46. The summed E-state index contributed by atoms with van der Waals surface area (Å²) >= 11 is 3.60. The molecular formula is C16H27BrN2. The van der Waals surface area contributed by atoms with E-state index < -0.39 is 0 Å². The van der Waals surface area contributed by atoms with Crippen LogP contribution in [0.15, 0.2) is 22.7 Å². The van der Waals surface area contributed by atoms with Gasteiger partial charge in [-0.3, -0.25) is 0 Å². The lowest BCUT2D eigenvalue weighted by Gasteiger charge is -2.28. The first-order chi connectivity index (χ1) is 9.13. The third-order valence-electron chi connectivity index (χ3n) is 3.38. The number of nitrogens with zero attached hydrogens (tertiary/aromatic N) is 1. The van der Waals surface area contributed by atoms with Gasteiger partial charge in [0.2, 0.25) is 0 Å². The molecule has 0 aliphatic rings. The van der Waals surface area contributed by atoms with Crippen LogP contribution in [0.25, 0.3) is 0 Å². The minimum absolute atomic E-state index is 0.397. The second-order valence-electron chi connectivity index (χ2n) is 4.96. The summed E-state index contributed by atoms with van der Waals surface area (Å²) in [6.45, 7) is 12.2. The van der Waals surface area contributed by atoms with Crippen LogP contribution in [0.5, 0.6) is 0 Å². The van der Waals surface area contributed by atoms with E-state index in [0.29, 0.717) is 6.04 Å². The molecule has 1 unspecified atom stereocenters. The van der Waals surface area contributed by atoms with Gasteiger partial charge in [-0.1, -0.05) is 35.8 Å². The van der Waals surface area contributed by atoms with Crippen molar-refractivity contribution in [3.8, 4) is 0 Å². The maximum atomic E-state index is 3.60. The Morgan fingerprint density at radius 1 is 1.21 bits per heavy atom. The molecule has 0 spiro atoms. The van der Waals surface area contributed by atoms with Crippen LogP contribution in [0, 0.1) is 0 Å². The van der Waals surface area contributed by atoms with Gasteiger partial charge >= 0.3 is 0 Å². The van der Waals surface area contributed by atoms with Gasteiger partial charge in [-0.05, 0) is 50.9 Å². The Morgan fingerprint density at radius 3 is 2.53 bits per heavy atom. The normalized spacial score (nSPS) is 12.5. The first-order valence-corrected chi connectivity index (χ1v) is 8.21. The van der Waals surface area contributed by atoms with E-state index in [1.165, 1.54) is 24.1 Å². The van der Waals surface area contributed by atoms with Gasteiger partial charge in [0.1, 0.15) is 0 Å². The molecule has 1 aromatic rings. The number of halogens is 1. The van der Waals surface area contributed by atoms with Crippen molar-refractivity contribution < 1.29 is 0 Å². The second kappa shape index (κ2) is 8.60. The molecule has 2 nitrogen and oxygen atoms in total. The van der Waals surface area contributed by atoms with Gasteiger partial charge in [0.05, 0.1) is 0 Å². The Hall–Kier alpha value is -0.540. The van der Waals surface area contributed by atoms with Crippen LogP contribution in [-0.2, 0) is 0 Å². The monoisotopic (exact) mass is 326 g/mol. The van der Waals surface area contributed by atoms with Crippen LogP contribution < -0.4 is 10.2 Å². The molecule has 0 aliphatic carbocycles. The highest BCUT2D eigenvalue weighted by Crippen LogP contribution is 2.30. The topological polar surface area (TPSA) is 15.3 Å². The zero-order valence-corrected chi connectivity index (χ0v) is 14.3. The zero-order chi connectivity index (χ0) is 14.3. The maximum absolute atomic E-state index is 3.60. The predicted octanol–water partition coefficient (Wildman–Crippen LogP) is 4.75. The number of nitrogens with one attached hydrogen (secondary N) is 1. The van der Waals surface area contributed by atoms with E-state index >= 15 is 0 Å². The van der Waals surface area contributed by atoms with Crippen LogP contribution >= 0.6 is 15.9 Å². The molecule has 3 heteroatoms. The summed E-state index contributed by atoms with van der Waals surface area (Å²) in [7, 11) is 0. The van der Waals surface area contributed by atoms with Crippen LogP contribution in [0.1, 0.15) is 52.1 Å². The van der Waals surface area contributed by atoms with Gasteiger partial charge in [-0.2, -0.15) is 0 Å². The molecule has 0 fully saturated rings. The Kier molecular flexibility index (Phi) is 7.47. The first-order valence-electron chi connectivity index (χ1n) is 7.41. The van der Waals surface area contributed by atoms with Gasteiger partial charge in [0.25, 0.3) is 0 Å². The van der Waals surface area contributed by atoms with E-state index in [1.807, 2.05) is 0 Å². The number of hydrogen-bond donors (Lipinski definition) is 1. The standard InChI is InChI=1S/C16H27BrN2/c1-5-10-18-13(4)15-9-8-14(17)12-16(15)19(7-3)11-6-2/h8-9,12-13,18H,5-7,10-11H2,1-4H3. The number of anilines is 1. The lowest BCUT2D eigenvalue weighted by atomic mass is 10.0. The van der Waals surface area contributed by atoms with Crippen LogP contribution in [0.4, 0.5) is 5.69 Å². The highest BCUT2D eigenvalue weighted by atomic mass is 79.9. The van der Waals surface area contributed by atoms with Crippen LogP contribution in [-0.4, -0.2) is 19.6 Å². The average Bonchev–Trinajstić information content (AvgIpc) is 2.42. The third kappa shape index (κ3) is 4.81. The molecule has 1 atom stereocenters. The number of hydrogen-bond acceptors (Lipinski definition) is 2. The van der Waals surface area contributed by atoms with Crippen molar-refractivity contribution in [1.82, 2.24) is 5.32 Å². The molecular weight excluding hydrogens is 300 g/mol. The quantitative estimate of drug-likeness (QED) is 0.741. The average molecular weight is 327 g/mol. The summed E-state index contributed by atoms with van der Waals surface area (Å²) in [6.07, 6.45) is 2.35. The van der Waals surface area contributed by atoms with Crippen molar-refractivity contribution in [1.29, 1.82) is 0 Å². The molecule has 0 amide bonds. The molecule has 0 heterocycles. The van der Waals surface area contributed by atoms with Crippen molar-refractivity contribution in [2.75, 3.05) is 24.5 Å². The van der Waals surface area contributed by atoms with E-state index in [0.717, 1.165) is 24.1 Å². The lowest BCUT2D eigenvalue weighted by molar-refractivity contribution is 0.569. The minimum Gasteiger partial charge on any atom is -0.372 e. The fourth-order valence-corrected chi connectivity index (χ4v) is 2.70. The van der Waals surface area contributed by atoms with Gasteiger partial charge < -0.3 is 10.2 Å². The number of benzene rings is 1. The van der Waals surface area contributed by atoms with Gasteiger partial charge in [-0.25, -0.2) is 0 Å². The SMILES string of the molecule is CCCNC(C)c1ccc(Br)cc1N(CC)CCC. The van der Waals surface area contributed by atoms with Gasteiger partial charge in [0, 0.05) is 29.3 Å². The Labute approximate surface area is 126 Å². The van der Waals surface area contributed by atoms with E-state index in [-0.39, 0.29) is 0 Å². The molecule has 0 aromatic heterocycles. The summed E-state index contributed by atoms with van der Waals surface area (Å²) in [6, 6.07) is 7.03. The first kappa shape index (κ1) is 16.5. The smallest absolute Gasteiger partial charge is 0.0425 e. The number of rotatable bonds is 8.